The van der Waals surface area contributed by atoms with E-state index in [1.807, 2.05) is 44.1 Å². The SMILES string of the molecule is Cc1cc(-c2cccc([C@H](C)C(=O)Nc3ncc(C(F)(F)F)s3)c2)cnc1NC(=O)/C=C/CN(C)C. The molecule has 190 valence electrons. The minimum absolute atomic E-state index is 0.107. The number of likely N-dealkylation sites (N-methyl/N-ethyl adjacent to an activating group) is 1. The lowest BCUT2D eigenvalue weighted by atomic mass is 9.96. The molecule has 0 spiro atoms. The Balaban J connectivity index is 1.70. The van der Waals surface area contributed by atoms with E-state index in [-0.39, 0.29) is 11.0 Å². The molecule has 2 N–H and O–H groups in total. The molecule has 0 radical (unpaired) electrons. The maximum Gasteiger partial charge on any atom is 0.427 e. The molecule has 3 aromatic rings. The number of carbonyl (C=O) groups excluding carboxylic acids is 2. The van der Waals surface area contributed by atoms with Gasteiger partial charge in [0.15, 0.2) is 5.13 Å². The predicted molar refractivity (Wildman–Crippen MR) is 135 cm³/mol. The molecule has 2 aromatic heterocycles. The van der Waals surface area contributed by atoms with Gasteiger partial charge in [-0.05, 0) is 50.7 Å². The molecular formula is C25H26F3N5O2S. The van der Waals surface area contributed by atoms with Crippen LogP contribution in [0, 0.1) is 6.92 Å². The van der Waals surface area contributed by atoms with Crippen LogP contribution in [0.15, 0.2) is 54.9 Å². The van der Waals surface area contributed by atoms with Gasteiger partial charge in [-0.3, -0.25) is 9.59 Å². The van der Waals surface area contributed by atoms with Gasteiger partial charge in [-0.15, -0.1) is 0 Å². The number of pyridine rings is 1. The maximum atomic E-state index is 12.8. The number of hydrogen-bond acceptors (Lipinski definition) is 6. The molecule has 0 aliphatic carbocycles. The van der Waals surface area contributed by atoms with E-state index in [9.17, 15) is 22.8 Å². The highest BCUT2D eigenvalue weighted by Gasteiger charge is 2.33. The van der Waals surface area contributed by atoms with Crippen LogP contribution in [-0.4, -0.2) is 47.3 Å². The molecule has 3 rings (SSSR count). The summed E-state index contributed by atoms with van der Waals surface area (Å²) < 4.78 is 38.4. The van der Waals surface area contributed by atoms with Gasteiger partial charge >= 0.3 is 6.18 Å². The molecule has 0 saturated carbocycles. The number of hydrogen-bond donors (Lipinski definition) is 2. The van der Waals surface area contributed by atoms with Crippen molar-refractivity contribution in [3.8, 4) is 11.1 Å². The smallest absolute Gasteiger partial charge is 0.307 e. The lowest BCUT2D eigenvalue weighted by Crippen LogP contribution is -2.18. The highest BCUT2D eigenvalue weighted by molar-refractivity contribution is 7.15. The highest BCUT2D eigenvalue weighted by Crippen LogP contribution is 2.35. The molecule has 0 unspecified atom stereocenters. The molecule has 2 amide bonds. The number of amides is 2. The second kappa shape index (κ2) is 11.4. The molecule has 0 bridgehead atoms. The van der Waals surface area contributed by atoms with Gasteiger partial charge in [-0.2, -0.15) is 13.2 Å². The fraction of sp³-hybridized carbons (Fsp3) is 0.280. The molecule has 0 aliphatic heterocycles. The van der Waals surface area contributed by atoms with Crippen molar-refractivity contribution < 1.29 is 22.8 Å². The minimum Gasteiger partial charge on any atom is -0.307 e. The number of nitrogens with zero attached hydrogens (tertiary/aromatic N) is 3. The monoisotopic (exact) mass is 517 g/mol. The van der Waals surface area contributed by atoms with Crippen molar-refractivity contribution in [1.82, 2.24) is 14.9 Å². The van der Waals surface area contributed by atoms with Crippen LogP contribution in [0.25, 0.3) is 11.1 Å². The summed E-state index contributed by atoms with van der Waals surface area (Å²) in [6.07, 6.45) is 1.04. The zero-order valence-electron chi connectivity index (χ0n) is 20.2. The third kappa shape index (κ3) is 7.22. The Kier molecular flexibility index (Phi) is 8.59. The second-order valence-electron chi connectivity index (χ2n) is 8.41. The molecule has 1 aromatic carbocycles. The zero-order valence-corrected chi connectivity index (χ0v) is 21.0. The number of rotatable bonds is 8. The van der Waals surface area contributed by atoms with Gasteiger partial charge in [-0.25, -0.2) is 9.97 Å². The third-order valence-electron chi connectivity index (χ3n) is 5.19. The van der Waals surface area contributed by atoms with Gasteiger partial charge in [-0.1, -0.05) is 41.7 Å². The lowest BCUT2D eigenvalue weighted by Gasteiger charge is -2.13. The van der Waals surface area contributed by atoms with Crippen molar-refractivity contribution in [2.24, 2.45) is 0 Å². The van der Waals surface area contributed by atoms with Crippen molar-refractivity contribution in [3.05, 3.63) is 70.9 Å². The van der Waals surface area contributed by atoms with Gasteiger partial charge in [0.1, 0.15) is 10.7 Å². The number of carbonyl (C=O) groups is 2. The van der Waals surface area contributed by atoms with Gasteiger partial charge in [0.05, 0.1) is 12.1 Å². The van der Waals surface area contributed by atoms with Crippen LogP contribution >= 0.6 is 11.3 Å². The number of thiazole rings is 1. The number of halogens is 3. The van der Waals surface area contributed by atoms with E-state index >= 15 is 0 Å². The Labute approximate surface area is 211 Å². The zero-order chi connectivity index (χ0) is 26.5. The lowest BCUT2D eigenvalue weighted by molar-refractivity contribution is -0.134. The molecule has 0 saturated heterocycles. The van der Waals surface area contributed by atoms with E-state index in [1.165, 1.54) is 6.08 Å². The predicted octanol–water partition coefficient (Wildman–Crippen LogP) is 5.33. The summed E-state index contributed by atoms with van der Waals surface area (Å²) in [5, 5.41) is 5.11. The van der Waals surface area contributed by atoms with Crippen LogP contribution in [0.1, 0.15) is 28.8 Å². The van der Waals surface area contributed by atoms with E-state index < -0.39 is 22.9 Å². The van der Waals surface area contributed by atoms with Crippen molar-refractivity contribution in [2.75, 3.05) is 31.3 Å². The van der Waals surface area contributed by atoms with Crippen LogP contribution in [-0.2, 0) is 15.8 Å². The summed E-state index contributed by atoms with van der Waals surface area (Å²) >= 11 is 0.381. The van der Waals surface area contributed by atoms with Crippen molar-refractivity contribution >= 4 is 34.1 Å². The van der Waals surface area contributed by atoms with Gasteiger partial charge in [0, 0.05) is 24.4 Å². The van der Waals surface area contributed by atoms with Crippen LogP contribution in [0.3, 0.4) is 0 Å². The summed E-state index contributed by atoms with van der Waals surface area (Å²) in [5.74, 6) is -0.928. The van der Waals surface area contributed by atoms with E-state index in [0.29, 0.717) is 35.5 Å². The van der Waals surface area contributed by atoms with Crippen molar-refractivity contribution in [2.45, 2.75) is 25.9 Å². The summed E-state index contributed by atoms with van der Waals surface area (Å²) in [6.45, 7) is 4.14. The number of aromatic nitrogens is 2. The van der Waals surface area contributed by atoms with Crippen molar-refractivity contribution in [3.63, 3.8) is 0 Å². The van der Waals surface area contributed by atoms with Gasteiger partial charge < -0.3 is 15.5 Å². The third-order valence-corrected chi connectivity index (χ3v) is 6.15. The fourth-order valence-electron chi connectivity index (χ4n) is 3.21. The Morgan fingerprint density at radius 3 is 2.50 bits per heavy atom. The molecule has 0 aliphatic rings. The molecule has 7 nitrogen and oxygen atoms in total. The Hall–Kier alpha value is -3.57. The van der Waals surface area contributed by atoms with Gasteiger partial charge in [0.25, 0.3) is 0 Å². The average Bonchev–Trinajstić information content (AvgIpc) is 3.29. The summed E-state index contributed by atoms with van der Waals surface area (Å²) in [6, 6.07) is 9.13. The van der Waals surface area contributed by atoms with Crippen LogP contribution < -0.4 is 10.6 Å². The van der Waals surface area contributed by atoms with Crippen molar-refractivity contribution in [1.29, 1.82) is 0 Å². The first-order valence-electron chi connectivity index (χ1n) is 11.0. The number of alkyl halides is 3. The van der Waals surface area contributed by atoms with Crippen LogP contribution in [0.2, 0.25) is 0 Å². The molecular weight excluding hydrogens is 491 g/mol. The van der Waals surface area contributed by atoms with E-state index in [1.54, 1.807) is 31.3 Å². The first kappa shape index (κ1) is 27.0. The first-order chi connectivity index (χ1) is 16.9. The number of aryl methyl sites for hydroxylation is 1. The largest absolute Gasteiger partial charge is 0.427 e. The number of nitrogens with one attached hydrogen (secondary N) is 2. The minimum atomic E-state index is -4.51. The van der Waals surface area contributed by atoms with E-state index in [4.69, 9.17) is 0 Å². The summed E-state index contributed by atoms with van der Waals surface area (Å²) in [4.78, 5) is 33.8. The van der Waals surface area contributed by atoms with E-state index in [0.717, 1.165) is 16.7 Å². The quantitative estimate of drug-likeness (QED) is 0.395. The number of anilines is 2. The average molecular weight is 518 g/mol. The molecule has 2 heterocycles. The molecule has 11 heteroatoms. The first-order valence-corrected chi connectivity index (χ1v) is 11.8. The second-order valence-corrected chi connectivity index (χ2v) is 9.44. The Bertz CT molecular complexity index is 1270. The fourth-order valence-corrected chi connectivity index (χ4v) is 3.89. The Morgan fingerprint density at radius 2 is 1.86 bits per heavy atom. The topological polar surface area (TPSA) is 87.2 Å². The van der Waals surface area contributed by atoms with Crippen LogP contribution in [0.4, 0.5) is 24.1 Å². The Morgan fingerprint density at radius 1 is 1.11 bits per heavy atom. The summed E-state index contributed by atoms with van der Waals surface area (Å²) in [5.41, 5.74) is 3.04. The normalized spacial score (nSPS) is 12.7. The molecule has 0 fully saturated rings. The standard InChI is InChI=1S/C25H26F3N5O2S/c1-15-11-19(13-29-22(15)31-21(34)9-6-10-33(3)4)18-8-5-7-17(12-18)16(2)23(35)32-24-30-14-20(36-24)25(26,27)28/h5-9,11-14,16H,10H2,1-4H3,(H,29,31,34)(H,30,32,35)/b9-6+/t16-/m0/s1. The number of benzene rings is 1. The van der Waals surface area contributed by atoms with Crippen LogP contribution in [0.5, 0.6) is 0 Å². The summed E-state index contributed by atoms with van der Waals surface area (Å²) in [7, 11) is 3.81. The van der Waals surface area contributed by atoms with Gasteiger partial charge in [0.2, 0.25) is 11.8 Å². The highest BCUT2D eigenvalue weighted by atomic mass is 32.1. The molecule has 1 atom stereocenters. The maximum absolute atomic E-state index is 12.8. The molecule has 36 heavy (non-hydrogen) atoms. The van der Waals surface area contributed by atoms with E-state index in [2.05, 4.69) is 20.6 Å².